The number of aliphatic hydroxyl groups is 1. The van der Waals surface area contributed by atoms with E-state index in [1.807, 2.05) is 0 Å². The molecule has 1 unspecified atom stereocenters. The van der Waals surface area contributed by atoms with Crippen LogP contribution in [0.3, 0.4) is 0 Å². The second kappa shape index (κ2) is 11.8. The number of methoxy groups -OCH3 is 1. The van der Waals surface area contributed by atoms with Crippen molar-refractivity contribution in [2.24, 2.45) is 0 Å². The third-order valence-corrected chi connectivity index (χ3v) is 6.23. The topological polar surface area (TPSA) is 172 Å². The molecule has 1 aromatic heterocycles. The molecule has 2 aliphatic rings. The van der Waals surface area contributed by atoms with Crippen LogP contribution in [0.2, 0.25) is 0 Å². The average molecular weight is 518 g/mol. The van der Waals surface area contributed by atoms with Crippen LogP contribution in [0.25, 0.3) is 0 Å². The van der Waals surface area contributed by atoms with Crippen LogP contribution in [0.5, 0.6) is 0 Å². The molecular weight excluding hydrogens is 501 g/mol. The van der Waals surface area contributed by atoms with Crippen LogP contribution in [0, 0.1) is 0 Å². The molecule has 1 saturated heterocycles. The van der Waals surface area contributed by atoms with E-state index in [0.29, 0.717) is 5.16 Å². The van der Waals surface area contributed by atoms with Gasteiger partial charge in [-0.25, -0.2) is 4.68 Å². The third-order valence-electron chi connectivity index (χ3n) is 4.52. The summed E-state index contributed by atoms with van der Waals surface area (Å²) in [5, 5.41) is 34.3. The van der Waals surface area contributed by atoms with E-state index in [-0.39, 0.29) is 65.8 Å². The quantitative estimate of drug-likeness (QED) is 0.123. The van der Waals surface area contributed by atoms with E-state index < -0.39 is 47.3 Å². The number of rotatable bonds is 11. The second-order valence-electron chi connectivity index (χ2n) is 6.37. The number of thioether (sulfide) groups is 2. The summed E-state index contributed by atoms with van der Waals surface area (Å²) in [5.74, 6) is -6.89. The van der Waals surface area contributed by atoms with E-state index in [1.54, 1.807) is 0 Å². The molecule has 2 amide bonds. The number of hydrogen-bond donors (Lipinski definition) is 2. The van der Waals surface area contributed by atoms with Crippen LogP contribution in [-0.2, 0) is 30.4 Å². The Labute approximate surface area is 215 Å². The molecule has 18 heteroatoms. The maximum absolute atomic E-state index is 12.8. The van der Waals surface area contributed by atoms with Gasteiger partial charge in [0.1, 0.15) is 6.04 Å². The minimum Gasteiger partial charge on any atom is -0.548 e. The van der Waals surface area contributed by atoms with E-state index >= 15 is 0 Å². The Bertz CT molecular complexity index is 925. The summed E-state index contributed by atoms with van der Waals surface area (Å²) in [4.78, 5) is 37.4. The van der Waals surface area contributed by atoms with Gasteiger partial charge < -0.3 is 29.8 Å². The van der Waals surface area contributed by atoms with Gasteiger partial charge in [-0.1, -0.05) is 23.5 Å². The third kappa shape index (κ3) is 5.60. The molecular formula is C15H17F2N6NaO7S2. The van der Waals surface area contributed by atoms with Gasteiger partial charge in [0.25, 0.3) is 17.4 Å². The summed E-state index contributed by atoms with van der Waals surface area (Å²) in [7, 11) is 1.09. The number of nitrogens with one attached hydrogen (secondary N) is 1. The molecule has 33 heavy (non-hydrogen) atoms. The zero-order chi connectivity index (χ0) is 23.5. The first kappa shape index (κ1) is 27.7. The van der Waals surface area contributed by atoms with Gasteiger partial charge in [0, 0.05) is 18.4 Å². The maximum atomic E-state index is 12.8. The zero-order valence-corrected chi connectivity index (χ0v) is 21.0. The molecule has 0 radical (unpaired) electrons. The van der Waals surface area contributed by atoms with Crippen molar-refractivity contribution in [1.29, 1.82) is 0 Å². The number of carbonyl (C=O) groups is 3. The molecule has 0 bridgehead atoms. The Hall–Kier alpha value is -1.50. The number of carbonyl (C=O) groups excluding carboxylic acids is 3. The van der Waals surface area contributed by atoms with E-state index in [0.717, 1.165) is 30.0 Å². The maximum Gasteiger partial charge on any atom is 1.00 e. The number of hydrogen-bond acceptors (Lipinski definition) is 12. The van der Waals surface area contributed by atoms with E-state index in [1.165, 1.54) is 4.68 Å². The summed E-state index contributed by atoms with van der Waals surface area (Å²) >= 11 is 1.09. The molecule has 176 valence electrons. The minimum atomic E-state index is -2.79. The van der Waals surface area contributed by atoms with Gasteiger partial charge in [-0.05, 0) is 10.4 Å². The fourth-order valence-corrected chi connectivity index (χ4v) is 4.38. The molecule has 1 fully saturated rings. The number of carboxylic acids is 1. The first-order valence-corrected chi connectivity index (χ1v) is 10.9. The SMILES string of the molecule is CO[C@@]1(NC(=O)CSC(F)F)C(=O)N2C(C(=O)[O-])C(CSc3nnnn3CCO)=CO[C@@H]21.[Na+]. The van der Waals surface area contributed by atoms with Crippen LogP contribution in [-0.4, -0.2) is 97.0 Å². The Morgan fingerprint density at radius 1 is 1.48 bits per heavy atom. The smallest absolute Gasteiger partial charge is 0.548 e. The standard InChI is InChI=1S/C15H18F2N6O7S2.Na/c1-29-15(18-8(25)6-31-13(16)17)11(28)23-9(10(26)27)7(4-30-12(15)23)5-32-14-19-20-21-22(14)2-3-24;/h4,9,12-13,24H,2-3,5-6H2,1H3,(H,18,25)(H,26,27);/q;+1/p-1/t9?,12-,15+;/m1./s1. The number of nitrogens with zero attached hydrogens (tertiary/aromatic N) is 5. The monoisotopic (exact) mass is 518 g/mol. The second-order valence-corrected chi connectivity index (χ2v) is 8.29. The van der Waals surface area contributed by atoms with Crippen molar-refractivity contribution in [2.45, 2.75) is 35.5 Å². The number of carboxylic acid groups (broad SMARTS) is 1. The fraction of sp³-hybridized carbons (Fsp3) is 0.600. The van der Waals surface area contributed by atoms with Gasteiger partial charge in [-0.3, -0.25) is 14.5 Å². The summed E-state index contributed by atoms with van der Waals surface area (Å²) in [5.41, 5.74) is -1.92. The molecule has 1 aromatic rings. The van der Waals surface area contributed by atoms with E-state index in [9.17, 15) is 28.3 Å². The summed E-state index contributed by atoms with van der Waals surface area (Å²) < 4.78 is 36.5. The number of halogens is 2. The molecule has 0 spiro atoms. The number of ether oxygens (including phenoxy) is 2. The summed E-state index contributed by atoms with van der Waals surface area (Å²) in [6.07, 6.45) is -0.244. The number of aromatic nitrogens is 4. The molecule has 0 aromatic carbocycles. The van der Waals surface area contributed by atoms with Gasteiger partial charge in [0.05, 0.1) is 31.1 Å². The van der Waals surface area contributed by atoms with Gasteiger partial charge in [0.2, 0.25) is 17.3 Å². The van der Waals surface area contributed by atoms with Crippen LogP contribution >= 0.6 is 23.5 Å². The Balaban J connectivity index is 0.00000385. The number of fused-ring (bicyclic) bond motifs is 1. The molecule has 2 aliphatic heterocycles. The van der Waals surface area contributed by atoms with Crippen LogP contribution in [0.1, 0.15) is 0 Å². The Morgan fingerprint density at radius 3 is 2.82 bits per heavy atom. The number of aliphatic carboxylic acids is 1. The first-order valence-electron chi connectivity index (χ1n) is 8.89. The molecule has 2 N–H and O–H groups in total. The Kier molecular flexibility index (Phi) is 9.89. The van der Waals surface area contributed by atoms with Crippen LogP contribution in [0.15, 0.2) is 17.0 Å². The predicted octanol–water partition coefficient (Wildman–Crippen LogP) is -5.62. The van der Waals surface area contributed by atoms with Crippen LogP contribution in [0.4, 0.5) is 8.78 Å². The number of amides is 2. The van der Waals surface area contributed by atoms with Crippen molar-refractivity contribution < 1.29 is 72.4 Å². The van der Waals surface area contributed by atoms with Crippen molar-refractivity contribution in [2.75, 3.05) is 25.2 Å². The van der Waals surface area contributed by atoms with E-state index in [4.69, 9.17) is 14.6 Å². The average Bonchev–Trinajstić information content (AvgIpc) is 3.20. The number of aliphatic hydroxyl groups excluding tert-OH is 1. The largest absolute Gasteiger partial charge is 1.00 e. The van der Waals surface area contributed by atoms with Crippen molar-refractivity contribution >= 4 is 41.3 Å². The molecule has 13 nitrogen and oxygen atoms in total. The molecule has 3 heterocycles. The van der Waals surface area contributed by atoms with Gasteiger partial charge in [-0.2, -0.15) is 8.78 Å². The summed E-state index contributed by atoms with van der Waals surface area (Å²) in [6.45, 7) is -0.0853. The van der Waals surface area contributed by atoms with Gasteiger partial charge in [-0.15, -0.1) is 5.10 Å². The molecule has 0 aliphatic carbocycles. The number of tetrazole rings is 1. The molecule has 3 atom stereocenters. The zero-order valence-electron chi connectivity index (χ0n) is 17.3. The van der Waals surface area contributed by atoms with Crippen molar-refractivity contribution in [3.05, 3.63) is 11.8 Å². The fourth-order valence-electron chi connectivity index (χ4n) is 3.14. The van der Waals surface area contributed by atoms with Gasteiger partial charge >= 0.3 is 29.6 Å². The Morgan fingerprint density at radius 2 is 2.21 bits per heavy atom. The molecule has 3 rings (SSSR count). The first-order chi connectivity index (χ1) is 15.2. The van der Waals surface area contributed by atoms with Crippen molar-refractivity contribution in [3.63, 3.8) is 0 Å². The van der Waals surface area contributed by atoms with Crippen molar-refractivity contribution in [3.8, 4) is 0 Å². The number of alkyl halides is 2. The normalized spacial score (nSPS) is 23.7. The van der Waals surface area contributed by atoms with Gasteiger partial charge in [0.15, 0.2) is 0 Å². The minimum absolute atomic E-state index is 0. The van der Waals surface area contributed by atoms with E-state index in [2.05, 4.69) is 20.8 Å². The predicted molar refractivity (Wildman–Crippen MR) is 101 cm³/mol. The van der Waals surface area contributed by atoms with Crippen LogP contribution < -0.4 is 40.0 Å². The molecule has 0 saturated carbocycles. The summed E-state index contributed by atoms with van der Waals surface area (Å²) in [6, 6.07) is -1.54. The number of β-lactam (4-membered cyclic amide) rings is 1. The van der Waals surface area contributed by atoms with Crippen molar-refractivity contribution in [1.82, 2.24) is 30.4 Å².